The van der Waals surface area contributed by atoms with E-state index >= 15 is 0 Å². The van der Waals surface area contributed by atoms with Crippen molar-refractivity contribution in [3.8, 4) is 5.75 Å². The van der Waals surface area contributed by atoms with Crippen LogP contribution in [-0.2, 0) is 19.1 Å². The highest BCUT2D eigenvalue weighted by Gasteiger charge is 2.49. The Morgan fingerprint density at radius 3 is 2.52 bits per heavy atom. The number of esters is 1. The first-order valence-electron chi connectivity index (χ1n) is 8.60. The topological polar surface area (TPSA) is 61.8 Å². The van der Waals surface area contributed by atoms with Gasteiger partial charge in [0.25, 0.3) is 0 Å². The molecular formula is C20H24O5. The smallest absolute Gasteiger partial charge is 0.348 e. The lowest BCUT2D eigenvalue weighted by atomic mass is 9.73. The molecule has 1 aliphatic carbocycles. The van der Waals surface area contributed by atoms with Crippen molar-refractivity contribution in [2.45, 2.75) is 45.6 Å². The van der Waals surface area contributed by atoms with Crippen molar-refractivity contribution in [3.05, 3.63) is 41.2 Å². The number of carbonyl (C=O) groups excluding carboxylic acids is 2. The lowest BCUT2D eigenvalue weighted by Gasteiger charge is -2.29. The van der Waals surface area contributed by atoms with E-state index in [4.69, 9.17) is 14.2 Å². The molecule has 2 unspecified atom stereocenters. The summed E-state index contributed by atoms with van der Waals surface area (Å²) in [6.07, 6.45) is 0.296. The Morgan fingerprint density at radius 1 is 1.24 bits per heavy atom. The Labute approximate surface area is 148 Å². The molecular weight excluding hydrogens is 320 g/mol. The average molecular weight is 344 g/mol. The highest BCUT2D eigenvalue weighted by atomic mass is 16.6. The zero-order valence-corrected chi connectivity index (χ0v) is 15.1. The Balaban J connectivity index is 2.02. The molecule has 2 aliphatic rings. The largest absolute Gasteiger partial charge is 0.497 e. The molecule has 1 aliphatic heterocycles. The van der Waals surface area contributed by atoms with Crippen LogP contribution in [0, 0.1) is 5.41 Å². The minimum Gasteiger partial charge on any atom is -0.497 e. The Morgan fingerprint density at radius 2 is 1.92 bits per heavy atom. The van der Waals surface area contributed by atoms with Gasteiger partial charge in [-0.05, 0) is 30.0 Å². The molecule has 0 saturated carbocycles. The molecule has 5 heteroatoms. The van der Waals surface area contributed by atoms with Gasteiger partial charge in [0.2, 0.25) is 6.10 Å². The van der Waals surface area contributed by atoms with Gasteiger partial charge in [-0.25, -0.2) is 4.79 Å². The normalized spacial score (nSPS) is 24.6. The van der Waals surface area contributed by atoms with Gasteiger partial charge in [0.1, 0.15) is 11.5 Å². The number of hydrogen-bond donors (Lipinski definition) is 0. The molecule has 1 aromatic carbocycles. The summed E-state index contributed by atoms with van der Waals surface area (Å²) in [5.74, 6) is 0.562. The Hall–Kier alpha value is -2.30. The minimum atomic E-state index is -0.809. The molecule has 0 fully saturated rings. The number of carbonyl (C=O) groups is 2. The predicted octanol–water partition coefficient (Wildman–Crippen LogP) is 3.38. The fraction of sp³-hybridized carbons (Fsp3) is 0.500. The number of benzene rings is 1. The lowest BCUT2D eigenvalue weighted by molar-refractivity contribution is -0.153. The lowest BCUT2D eigenvalue weighted by Crippen LogP contribution is -2.30. The van der Waals surface area contributed by atoms with Crippen LogP contribution >= 0.6 is 0 Å². The van der Waals surface area contributed by atoms with Gasteiger partial charge >= 0.3 is 5.97 Å². The first-order valence-corrected chi connectivity index (χ1v) is 8.60. The molecule has 134 valence electrons. The van der Waals surface area contributed by atoms with Gasteiger partial charge < -0.3 is 14.2 Å². The Kier molecular flexibility index (Phi) is 4.58. The number of Topliss-reactive ketones (excluding diaryl/α,β-unsaturated/α-hetero) is 1. The molecule has 3 rings (SSSR count). The van der Waals surface area contributed by atoms with Crippen molar-refractivity contribution in [1.29, 1.82) is 0 Å². The second-order valence-corrected chi connectivity index (χ2v) is 7.32. The SMILES string of the molecule is CCOC(=O)C1OC2=C(C(=O)CC(C)(C)C2)C1c1ccc(OC)cc1. The van der Waals surface area contributed by atoms with E-state index in [1.165, 1.54) is 0 Å². The summed E-state index contributed by atoms with van der Waals surface area (Å²) in [5.41, 5.74) is 1.32. The zero-order valence-electron chi connectivity index (χ0n) is 15.1. The van der Waals surface area contributed by atoms with Crippen LogP contribution in [-0.4, -0.2) is 31.6 Å². The van der Waals surface area contributed by atoms with E-state index in [2.05, 4.69) is 0 Å². The van der Waals surface area contributed by atoms with Gasteiger partial charge in [0.05, 0.1) is 19.6 Å². The van der Waals surface area contributed by atoms with Crippen molar-refractivity contribution in [2.24, 2.45) is 5.41 Å². The summed E-state index contributed by atoms with van der Waals surface area (Å²) in [4.78, 5) is 25.3. The highest BCUT2D eigenvalue weighted by Crippen LogP contribution is 2.49. The highest BCUT2D eigenvalue weighted by molar-refractivity contribution is 6.00. The minimum absolute atomic E-state index is 0.0545. The van der Waals surface area contributed by atoms with Gasteiger partial charge in [-0.3, -0.25) is 4.79 Å². The maximum Gasteiger partial charge on any atom is 0.348 e. The molecule has 0 bridgehead atoms. The molecule has 0 saturated heterocycles. The van der Waals surface area contributed by atoms with Crippen LogP contribution in [0.15, 0.2) is 35.6 Å². The van der Waals surface area contributed by atoms with E-state index in [1.54, 1.807) is 14.0 Å². The fourth-order valence-electron chi connectivity index (χ4n) is 3.66. The molecule has 25 heavy (non-hydrogen) atoms. The van der Waals surface area contributed by atoms with Crippen LogP contribution in [0.2, 0.25) is 0 Å². The molecule has 1 aromatic rings. The summed E-state index contributed by atoms with van der Waals surface area (Å²) in [6, 6.07) is 7.41. The average Bonchev–Trinajstić information content (AvgIpc) is 2.93. The quantitative estimate of drug-likeness (QED) is 0.784. The summed E-state index contributed by atoms with van der Waals surface area (Å²) >= 11 is 0. The van der Waals surface area contributed by atoms with Gasteiger partial charge in [0.15, 0.2) is 5.78 Å². The van der Waals surface area contributed by atoms with E-state index in [1.807, 2.05) is 38.1 Å². The van der Waals surface area contributed by atoms with E-state index in [0.29, 0.717) is 24.2 Å². The molecule has 2 atom stereocenters. The summed E-state index contributed by atoms with van der Waals surface area (Å²) in [6.45, 7) is 6.12. The maximum absolute atomic E-state index is 12.8. The third-order valence-corrected chi connectivity index (χ3v) is 4.76. The van der Waals surface area contributed by atoms with E-state index in [9.17, 15) is 9.59 Å². The molecule has 0 spiro atoms. The van der Waals surface area contributed by atoms with Crippen molar-refractivity contribution in [3.63, 3.8) is 0 Å². The van der Waals surface area contributed by atoms with Gasteiger partial charge in [-0.1, -0.05) is 26.0 Å². The first-order chi connectivity index (χ1) is 11.9. The second-order valence-electron chi connectivity index (χ2n) is 7.32. The Bertz CT molecular complexity index is 714. The zero-order chi connectivity index (χ0) is 18.2. The summed E-state index contributed by atoms with van der Waals surface area (Å²) in [7, 11) is 1.60. The van der Waals surface area contributed by atoms with Gasteiger partial charge in [-0.15, -0.1) is 0 Å². The summed E-state index contributed by atoms with van der Waals surface area (Å²) in [5, 5.41) is 0. The number of ether oxygens (including phenoxy) is 3. The molecule has 0 N–H and O–H groups in total. The van der Waals surface area contributed by atoms with Crippen molar-refractivity contribution < 1.29 is 23.8 Å². The third-order valence-electron chi connectivity index (χ3n) is 4.76. The monoisotopic (exact) mass is 344 g/mol. The number of rotatable bonds is 4. The first kappa shape index (κ1) is 17.5. The molecule has 0 amide bonds. The number of ketones is 1. The van der Waals surface area contributed by atoms with Crippen LogP contribution < -0.4 is 4.74 Å². The van der Waals surface area contributed by atoms with E-state index in [-0.39, 0.29) is 17.8 Å². The number of methoxy groups -OCH3 is 1. The van der Waals surface area contributed by atoms with E-state index in [0.717, 1.165) is 11.3 Å². The number of hydrogen-bond acceptors (Lipinski definition) is 5. The van der Waals surface area contributed by atoms with Crippen LogP contribution in [0.1, 0.15) is 45.1 Å². The molecule has 5 nitrogen and oxygen atoms in total. The molecule has 0 aromatic heterocycles. The molecule has 1 heterocycles. The number of allylic oxidation sites excluding steroid dienone is 1. The fourth-order valence-corrected chi connectivity index (χ4v) is 3.66. The maximum atomic E-state index is 12.8. The van der Waals surface area contributed by atoms with Crippen molar-refractivity contribution in [1.82, 2.24) is 0 Å². The van der Waals surface area contributed by atoms with Crippen molar-refractivity contribution >= 4 is 11.8 Å². The standard InChI is InChI=1S/C20H24O5/c1-5-24-19(22)18-16(12-6-8-13(23-4)9-7-12)17-14(21)10-20(2,3)11-15(17)25-18/h6-9,16,18H,5,10-11H2,1-4H3. The van der Waals surface area contributed by atoms with Crippen LogP contribution in [0.5, 0.6) is 5.75 Å². The van der Waals surface area contributed by atoms with Crippen molar-refractivity contribution in [2.75, 3.05) is 13.7 Å². The predicted molar refractivity (Wildman–Crippen MR) is 92.3 cm³/mol. The second kappa shape index (κ2) is 6.54. The van der Waals surface area contributed by atoms with Crippen LogP contribution in [0.3, 0.4) is 0 Å². The van der Waals surface area contributed by atoms with Gasteiger partial charge in [-0.2, -0.15) is 0 Å². The van der Waals surface area contributed by atoms with Gasteiger partial charge in [0, 0.05) is 18.4 Å². The van der Waals surface area contributed by atoms with E-state index < -0.39 is 18.0 Å². The van der Waals surface area contributed by atoms with Crippen LogP contribution in [0.4, 0.5) is 0 Å². The third kappa shape index (κ3) is 3.28. The van der Waals surface area contributed by atoms with Crippen LogP contribution in [0.25, 0.3) is 0 Å². The summed E-state index contributed by atoms with van der Waals surface area (Å²) < 4.78 is 16.3. The molecule has 0 radical (unpaired) electrons.